The van der Waals surface area contributed by atoms with Gasteiger partial charge in [-0.3, -0.25) is 9.89 Å². The molecule has 0 radical (unpaired) electrons. The molecule has 0 amide bonds. The van der Waals surface area contributed by atoms with E-state index in [1.807, 2.05) is 37.3 Å². The van der Waals surface area contributed by atoms with Gasteiger partial charge in [-0.15, -0.1) is 11.3 Å². The first-order valence-electron chi connectivity index (χ1n) is 8.65. The fourth-order valence-corrected chi connectivity index (χ4v) is 4.53. The van der Waals surface area contributed by atoms with E-state index in [4.69, 9.17) is 0 Å². The third-order valence-corrected chi connectivity index (χ3v) is 5.91. The molecule has 0 aliphatic heterocycles. The van der Waals surface area contributed by atoms with Gasteiger partial charge in [-0.05, 0) is 50.3 Å². The summed E-state index contributed by atoms with van der Waals surface area (Å²) in [5.74, 6) is 0. The zero-order chi connectivity index (χ0) is 18.1. The second-order valence-electron chi connectivity index (χ2n) is 6.39. The third-order valence-electron chi connectivity index (χ3n) is 4.71. The molecule has 130 valence electrons. The van der Waals surface area contributed by atoms with E-state index in [0.29, 0.717) is 16.1 Å². The van der Waals surface area contributed by atoms with Crippen LogP contribution >= 0.6 is 11.3 Å². The smallest absolute Gasteiger partial charge is 0.280 e. The molecule has 0 atom stereocenters. The van der Waals surface area contributed by atoms with E-state index in [-0.39, 0.29) is 5.56 Å². The van der Waals surface area contributed by atoms with Gasteiger partial charge in [0, 0.05) is 16.8 Å². The summed E-state index contributed by atoms with van der Waals surface area (Å²) >= 11 is 1.58. The Bertz CT molecular complexity index is 1080. The first kappa shape index (κ1) is 16.6. The lowest BCUT2D eigenvalue weighted by molar-refractivity contribution is 0.696. The molecule has 0 saturated heterocycles. The minimum absolute atomic E-state index is 0.141. The first-order valence-corrected chi connectivity index (χ1v) is 9.46. The number of rotatable bonds is 3. The van der Waals surface area contributed by atoms with Crippen LogP contribution in [0, 0.1) is 18.3 Å². The molecule has 6 heteroatoms. The van der Waals surface area contributed by atoms with Gasteiger partial charge in [-0.25, -0.2) is 9.67 Å². The van der Waals surface area contributed by atoms with Crippen molar-refractivity contribution in [1.82, 2.24) is 9.78 Å². The predicted octanol–water partition coefficient (Wildman–Crippen LogP) is 4.04. The van der Waals surface area contributed by atoms with Gasteiger partial charge < -0.3 is 0 Å². The second-order valence-corrected chi connectivity index (χ2v) is 7.47. The van der Waals surface area contributed by atoms with Crippen LogP contribution in [-0.2, 0) is 12.8 Å². The lowest BCUT2D eigenvalue weighted by Gasteiger charge is -2.09. The normalized spacial score (nSPS) is 13.7. The van der Waals surface area contributed by atoms with Gasteiger partial charge in [0.25, 0.3) is 5.56 Å². The second kappa shape index (κ2) is 6.77. The number of aromatic nitrogens is 2. The molecular weight excluding hydrogens is 344 g/mol. The Balaban J connectivity index is 1.73. The van der Waals surface area contributed by atoms with Crippen LogP contribution in [0.5, 0.6) is 0 Å². The molecule has 1 aliphatic carbocycles. The number of nitrogens with one attached hydrogen (secondary N) is 1. The number of nitriles is 1. The summed E-state index contributed by atoms with van der Waals surface area (Å²) in [4.78, 5) is 18.5. The van der Waals surface area contributed by atoms with E-state index in [0.717, 1.165) is 36.2 Å². The zero-order valence-corrected chi connectivity index (χ0v) is 15.3. The minimum atomic E-state index is -0.141. The summed E-state index contributed by atoms with van der Waals surface area (Å²) in [7, 11) is 0. The lowest BCUT2D eigenvalue weighted by Crippen LogP contribution is -2.17. The van der Waals surface area contributed by atoms with E-state index in [9.17, 15) is 10.1 Å². The summed E-state index contributed by atoms with van der Waals surface area (Å²) in [6.07, 6.45) is 5.86. The Morgan fingerprint density at radius 1 is 1.27 bits per heavy atom. The fraction of sp³-hybridized carbons (Fsp3) is 0.250. The number of aliphatic imine (C=N–C) groups is 1. The highest BCUT2D eigenvalue weighted by atomic mass is 32.1. The molecule has 3 aromatic rings. The number of thiophene rings is 1. The van der Waals surface area contributed by atoms with Crippen LogP contribution in [0.15, 0.2) is 40.1 Å². The van der Waals surface area contributed by atoms with Gasteiger partial charge >= 0.3 is 0 Å². The van der Waals surface area contributed by atoms with E-state index in [1.54, 1.807) is 17.6 Å². The van der Waals surface area contributed by atoms with Gasteiger partial charge in [0.05, 0.1) is 16.8 Å². The quantitative estimate of drug-likeness (QED) is 0.714. The van der Waals surface area contributed by atoms with Gasteiger partial charge in [0.15, 0.2) is 0 Å². The van der Waals surface area contributed by atoms with Crippen molar-refractivity contribution in [3.8, 4) is 11.8 Å². The number of hydrogen-bond acceptors (Lipinski definition) is 4. The molecule has 2 aromatic heterocycles. The van der Waals surface area contributed by atoms with Crippen molar-refractivity contribution in [2.75, 3.05) is 0 Å². The number of hydrogen-bond donors (Lipinski definition) is 1. The molecule has 0 fully saturated rings. The van der Waals surface area contributed by atoms with E-state index < -0.39 is 0 Å². The van der Waals surface area contributed by atoms with Crippen molar-refractivity contribution in [3.05, 3.63) is 67.9 Å². The molecule has 0 saturated carbocycles. The maximum absolute atomic E-state index is 12.7. The Morgan fingerprint density at radius 2 is 2.04 bits per heavy atom. The van der Waals surface area contributed by atoms with Crippen molar-refractivity contribution < 1.29 is 0 Å². The average molecular weight is 362 g/mol. The molecule has 1 N–H and O–H groups in total. The number of fused-ring (bicyclic) bond motifs is 1. The monoisotopic (exact) mass is 362 g/mol. The highest BCUT2D eigenvalue weighted by Crippen LogP contribution is 2.39. The van der Waals surface area contributed by atoms with Gasteiger partial charge in [-0.2, -0.15) is 5.26 Å². The molecule has 5 nitrogen and oxygen atoms in total. The Labute approximate surface area is 155 Å². The van der Waals surface area contributed by atoms with Crippen molar-refractivity contribution in [2.45, 2.75) is 32.6 Å². The average Bonchev–Trinajstić information content (AvgIpc) is 3.17. The molecule has 0 bridgehead atoms. The summed E-state index contributed by atoms with van der Waals surface area (Å²) in [5, 5.41) is 13.3. The van der Waals surface area contributed by atoms with Crippen molar-refractivity contribution >= 4 is 22.6 Å². The largest absolute Gasteiger partial charge is 0.295 e. The van der Waals surface area contributed by atoms with Gasteiger partial charge in [0.2, 0.25) is 0 Å². The van der Waals surface area contributed by atoms with E-state index >= 15 is 0 Å². The number of aryl methyl sites for hydroxylation is 2. The molecule has 2 heterocycles. The first-order chi connectivity index (χ1) is 12.7. The highest BCUT2D eigenvalue weighted by Gasteiger charge is 2.20. The number of aromatic amines is 1. The van der Waals surface area contributed by atoms with Crippen LogP contribution in [-0.4, -0.2) is 16.0 Å². The molecule has 26 heavy (non-hydrogen) atoms. The summed E-state index contributed by atoms with van der Waals surface area (Å²) in [6.45, 7) is 1.85. The van der Waals surface area contributed by atoms with Gasteiger partial charge in [-0.1, -0.05) is 18.2 Å². The summed E-state index contributed by atoms with van der Waals surface area (Å²) < 4.78 is 1.52. The molecule has 0 spiro atoms. The number of H-pyrrole nitrogens is 1. The van der Waals surface area contributed by atoms with Crippen LogP contribution < -0.4 is 5.56 Å². The standard InChI is InChI=1S/C20H18N4OS/c1-13-17(20(25)24(23-13)14-7-3-2-4-8-14)12-22-19-16(11-21)15-9-5-6-10-18(15)26-19/h2-4,7-8,12,23H,5-6,9-10H2,1H3/b22-12+. The molecule has 1 aromatic carbocycles. The zero-order valence-electron chi connectivity index (χ0n) is 14.5. The van der Waals surface area contributed by atoms with Crippen LogP contribution in [0.3, 0.4) is 0 Å². The predicted molar refractivity (Wildman–Crippen MR) is 104 cm³/mol. The van der Waals surface area contributed by atoms with E-state index in [1.165, 1.54) is 16.0 Å². The number of benzene rings is 1. The highest BCUT2D eigenvalue weighted by molar-refractivity contribution is 7.16. The van der Waals surface area contributed by atoms with Crippen LogP contribution in [0.1, 0.15) is 40.1 Å². The van der Waals surface area contributed by atoms with Crippen molar-refractivity contribution in [2.24, 2.45) is 4.99 Å². The molecular formula is C20H18N4OS. The van der Waals surface area contributed by atoms with Crippen LogP contribution in [0.2, 0.25) is 0 Å². The Kier molecular flexibility index (Phi) is 4.31. The molecule has 4 rings (SSSR count). The molecule has 1 aliphatic rings. The topological polar surface area (TPSA) is 73.9 Å². The van der Waals surface area contributed by atoms with Crippen molar-refractivity contribution in [1.29, 1.82) is 5.26 Å². The maximum atomic E-state index is 12.7. The third kappa shape index (κ3) is 2.80. The summed E-state index contributed by atoms with van der Waals surface area (Å²) in [5.41, 5.74) is 3.74. The SMILES string of the molecule is Cc1[nH]n(-c2ccccc2)c(=O)c1/C=N/c1sc2c(c1C#N)CCCC2. The van der Waals surface area contributed by atoms with Gasteiger partial charge in [0.1, 0.15) is 11.1 Å². The minimum Gasteiger partial charge on any atom is -0.295 e. The van der Waals surface area contributed by atoms with Crippen molar-refractivity contribution in [3.63, 3.8) is 0 Å². The van der Waals surface area contributed by atoms with Crippen LogP contribution in [0.4, 0.5) is 5.00 Å². The lowest BCUT2D eigenvalue weighted by atomic mass is 9.96. The Morgan fingerprint density at radius 3 is 2.81 bits per heavy atom. The number of para-hydroxylation sites is 1. The maximum Gasteiger partial charge on any atom is 0.280 e. The Hall–Kier alpha value is -2.91. The van der Waals surface area contributed by atoms with Crippen LogP contribution in [0.25, 0.3) is 5.69 Å². The van der Waals surface area contributed by atoms with E-state index in [2.05, 4.69) is 16.2 Å². The summed E-state index contributed by atoms with van der Waals surface area (Å²) in [6, 6.07) is 11.7. The fourth-order valence-electron chi connectivity index (χ4n) is 3.35. The molecule has 0 unspecified atom stereocenters. The number of nitrogens with zero attached hydrogens (tertiary/aromatic N) is 3.